The Balaban J connectivity index is 1.85. The Labute approximate surface area is 193 Å². The molecule has 0 unspecified atom stereocenters. The molecule has 0 aliphatic heterocycles. The molecule has 34 heavy (non-hydrogen) atoms. The van der Waals surface area contributed by atoms with Crippen molar-refractivity contribution < 1.29 is 27.4 Å². The average Bonchev–Trinajstić information content (AvgIpc) is 3.23. The monoisotopic (exact) mass is 470 g/mol. The number of carbonyl (C=O) groups is 1. The number of methoxy groups -OCH3 is 2. The highest BCUT2D eigenvalue weighted by Crippen LogP contribution is 2.36. The van der Waals surface area contributed by atoms with E-state index in [9.17, 15) is 18.0 Å². The number of aryl methyl sites for hydroxylation is 2. The normalized spacial score (nSPS) is 11.5. The van der Waals surface area contributed by atoms with Gasteiger partial charge in [-0.15, -0.1) is 0 Å². The lowest BCUT2D eigenvalue weighted by Gasteiger charge is -2.13. The van der Waals surface area contributed by atoms with E-state index in [0.717, 1.165) is 23.4 Å². The fourth-order valence-corrected chi connectivity index (χ4v) is 3.61. The van der Waals surface area contributed by atoms with E-state index in [2.05, 4.69) is 15.4 Å². The number of fused-ring (bicyclic) bond motifs is 1. The quantitative estimate of drug-likeness (QED) is 0.428. The molecule has 0 saturated heterocycles. The van der Waals surface area contributed by atoms with Crippen LogP contribution in [-0.4, -0.2) is 34.7 Å². The van der Waals surface area contributed by atoms with Crippen molar-refractivity contribution in [2.45, 2.75) is 20.0 Å². The van der Waals surface area contributed by atoms with E-state index in [1.54, 1.807) is 18.2 Å². The molecule has 0 atom stereocenters. The molecule has 176 valence electrons. The zero-order valence-corrected chi connectivity index (χ0v) is 18.8. The SMILES string of the molecule is COc1ccc(-c2cc(C(F)(F)F)n3ncc(C(=O)Nc4ccc(C)cc4C)c3n2)cc1OC. The minimum atomic E-state index is -4.74. The summed E-state index contributed by atoms with van der Waals surface area (Å²) in [6, 6.07) is 11.0. The Hall–Kier alpha value is -4.08. The smallest absolute Gasteiger partial charge is 0.433 e. The summed E-state index contributed by atoms with van der Waals surface area (Å²) in [4.78, 5) is 17.3. The maximum atomic E-state index is 13.9. The van der Waals surface area contributed by atoms with Gasteiger partial charge in [-0.1, -0.05) is 17.7 Å². The number of amides is 1. The molecular formula is C24H21F3N4O3. The fourth-order valence-electron chi connectivity index (χ4n) is 3.61. The van der Waals surface area contributed by atoms with E-state index in [1.165, 1.54) is 20.3 Å². The molecule has 1 N–H and O–H groups in total. The molecular weight excluding hydrogens is 449 g/mol. The van der Waals surface area contributed by atoms with E-state index in [1.807, 2.05) is 26.0 Å². The van der Waals surface area contributed by atoms with Gasteiger partial charge in [0.2, 0.25) is 0 Å². The molecule has 1 amide bonds. The van der Waals surface area contributed by atoms with Crippen molar-refractivity contribution in [2.24, 2.45) is 0 Å². The summed E-state index contributed by atoms with van der Waals surface area (Å²) >= 11 is 0. The third-order valence-electron chi connectivity index (χ3n) is 5.32. The van der Waals surface area contributed by atoms with Crippen LogP contribution < -0.4 is 14.8 Å². The number of alkyl halides is 3. The first-order valence-electron chi connectivity index (χ1n) is 10.2. The van der Waals surface area contributed by atoms with E-state index in [0.29, 0.717) is 27.3 Å². The Kier molecular flexibility index (Phi) is 5.90. The molecule has 2 aromatic heterocycles. The Morgan fingerprint density at radius 3 is 2.38 bits per heavy atom. The second-order valence-corrected chi connectivity index (χ2v) is 7.66. The largest absolute Gasteiger partial charge is 0.493 e. The van der Waals surface area contributed by atoms with E-state index in [4.69, 9.17) is 9.47 Å². The molecule has 0 saturated carbocycles. The topological polar surface area (TPSA) is 77.8 Å². The first-order valence-corrected chi connectivity index (χ1v) is 10.2. The summed E-state index contributed by atoms with van der Waals surface area (Å²) in [5, 5.41) is 6.54. The number of nitrogens with zero attached hydrogens (tertiary/aromatic N) is 3. The van der Waals surface area contributed by atoms with Gasteiger partial charge < -0.3 is 14.8 Å². The minimum Gasteiger partial charge on any atom is -0.493 e. The zero-order chi connectivity index (χ0) is 24.6. The Morgan fingerprint density at radius 1 is 1.00 bits per heavy atom. The summed E-state index contributed by atoms with van der Waals surface area (Å²) in [7, 11) is 2.88. The van der Waals surface area contributed by atoms with Gasteiger partial charge in [-0.3, -0.25) is 4.79 Å². The highest BCUT2D eigenvalue weighted by atomic mass is 19.4. The summed E-state index contributed by atoms with van der Waals surface area (Å²) in [6.45, 7) is 3.75. The first-order chi connectivity index (χ1) is 16.1. The maximum absolute atomic E-state index is 13.9. The zero-order valence-electron chi connectivity index (χ0n) is 18.8. The van der Waals surface area contributed by atoms with Crippen molar-refractivity contribution in [1.82, 2.24) is 14.6 Å². The van der Waals surface area contributed by atoms with Crippen molar-refractivity contribution in [3.05, 3.63) is 71.0 Å². The van der Waals surface area contributed by atoms with Crippen LogP contribution in [0.2, 0.25) is 0 Å². The molecule has 2 aromatic carbocycles. The van der Waals surface area contributed by atoms with Gasteiger partial charge in [-0.25, -0.2) is 9.50 Å². The molecule has 0 spiro atoms. The highest BCUT2D eigenvalue weighted by Gasteiger charge is 2.36. The predicted molar refractivity (Wildman–Crippen MR) is 120 cm³/mol. The Morgan fingerprint density at radius 2 is 1.74 bits per heavy atom. The summed E-state index contributed by atoms with van der Waals surface area (Å²) in [5.74, 6) is 0.129. The van der Waals surface area contributed by atoms with Gasteiger partial charge in [0.25, 0.3) is 5.91 Å². The van der Waals surface area contributed by atoms with Crippen LogP contribution in [0.4, 0.5) is 18.9 Å². The molecule has 4 aromatic rings. The highest BCUT2D eigenvalue weighted by molar-refractivity contribution is 6.08. The van der Waals surface area contributed by atoms with Crippen LogP contribution >= 0.6 is 0 Å². The summed E-state index contributed by atoms with van der Waals surface area (Å²) in [6.07, 6.45) is -3.66. The third kappa shape index (κ3) is 4.26. The van der Waals surface area contributed by atoms with Crippen molar-refractivity contribution in [3.63, 3.8) is 0 Å². The van der Waals surface area contributed by atoms with Gasteiger partial charge >= 0.3 is 6.18 Å². The molecule has 10 heteroatoms. The number of carbonyl (C=O) groups excluding carboxylic acids is 1. The molecule has 4 rings (SSSR count). The van der Waals surface area contributed by atoms with Gasteiger partial charge in [-0.05, 0) is 49.7 Å². The lowest BCUT2D eigenvalue weighted by atomic mass is 10.1. The van der Waals surface area contributed by atoms with Crippen LogP contribution in [0.1, 0.15) is 27.2 Å². The number of aromatic nitrogens is 3. The second kappa shape index (κ2) is 8.69. The number of nitrogens with one attached hydrogen (secondary N) is 1. The van der Waals surface area contributed by atoms with Crippen LogP contribution in [0.3, 0.4) is 0 Å². The molecule has 2 heterocycles. The van der Waals surface area contributed by atoms with Gasteiger partial charge in [0.05, 0.1) is 26.1 Å². The van der Waals surface area contributed by atoms with Crippen molar-refractivity contribution in [2.75, 3.05) is 19.5 Å². The number of hydrogen-bond acceptors (Lipinski definition) is 5. The van der Waals surface area contributed by atoms with Gasteiger partial charge in [-0.2, -0.15) is 18.3 Å². The fraction of sp³-hybridized carbons (Fsp3) is 0.208. The van der Waals surface area contributed by atoms with Gasteiger partial charge in [0.15, 0.2) is 22.8 Å². The van der Waals surface area contributed by atoms with Crippen LogP contribution in [0, 0.1) is 13.8 Å². The molecule has 0 aliphatic rings. The number of hydrogen-bond donors (Lipinski definition) is 1. The number of anilines is 1. The van der Waals surface area contributed by atoms with Crippen LogP contribution in [0.5, 0.6) is 11.5 Å². The number of halogens is 3. The molecule has 0 aliphatic carbocycles. The molecule has 0 bridgehead atoms. The number of ether oxygens (including phenoxy) is 2. The number of benzene rings is 2. The molecule has 0 fully saturated rings. The van der Waals surface area contributed by atoms with Crippen molar-refractivity contribution in [3.8, 4) is 22.8 Å². The number of rotatable bonds is 5. The third-order valence-corrected chi connectivity index (χ3v) is 5.32. The van der Waals surface area contributed by atoms with Crippen LogP contribution in [-0.2, 0) is 6.18 Å². The van der Waals surface area contributed by atoms with E-state index < -0.39 is 17.8 Å². The lowest BCUT2D eigenvalue weighted by molar-refractivity contribution is -0.142. The molecule has 0 radical (unpaired) electrons. The average molecular weight is 470 g/mol. The second-order valence-electron chi connectivity index (χ2n) is 7.66. The van der Waals surface area contributed by atoms with Crippen LogP contribution in [0.25, 0.3) is 16.9 Å². The molecule has 7 nitrogen and oxygen atoms in total. The van der Waals surface area contributed by atoms with Crippen molar-refractivity contribution >= 4 is 17.2 Å². The van der Waals surface area contributed by atoms with E-state index >= 15 is 0 Å². The van der Waals surface area contributed by atoms with E-state index in [-0.39, 0.29) is 16.9 Å². The summed E-state index contributed by atoms with van der Waals surface area (Å²) in [5.41, 5.74) is 1.36. The van der Waals surface area contributed by atoms with Gasteiger partial charge in [0.1, 0.15) is 5.56 Å². The minimum absolute atomic E-state index is 0.00171. The Bertz CT molecular complexity index is 1400. The predicted octanol–water partition coefficient (Wildman–Crippen LogP) is 5.30. The van der Waals surface area contributed by atoms with Gasteiger partial charge in [0, 0.05) is 11.3 Å². The first kappa shape index (κ1) is 23.1. The summed E-state index contributed by atoms with van der Waals surface area (Å²) < 4.78 is 52.8. The standard InChI is InChI=1S/C24H21F3N4O3/c1-13-5-7-17(14(2)9-13)30-23(32)16-12-28-31-21(24(25,26)27)11-18(29-22(16)31)15-6-8-19(33-3)20(10-15)34-4/h5-12H,1-4H3,(H,30,32). The van der Waals surface area contributed by atoms with Crippen molar-refractivity contribution in [1.29, 1.82) is 0 Å². The maximum Gasteiger partial charge on any atom is 0.433 e. The lowest BCUT2D eigenvalue weighted by Crippen LogP contribution is -2.16. The van der Waals surface area contributed by atoms with Crippen LogP contribution in [0.15, 0.2) is 48.7 Å².